The second kappa shape index (κ2) is 2.31. The Bertz CT molecular complexity index is 166. The zero-order valence-corrected chi connectivity index (χ0v) is 7.06. The lowest BCUT2D eigenvalue weighted by atomic mass is 9.97. The van der Waals surface area contributed by atoms with Gasteiger partial charge in [0.25, 0.3) is 0 Å². The first-order valence-electron chi connectivity index (χ1n) is 3.09. The van der Waals surface area contributed by atoms with Gasteiger partial charge in [0.15, 0.2) is 0 Å². The molecule has 5 heteroatoms. The molecule has 1 aliphatic heterocycles. The highest BCUT2D eigenvalue weighted by molar-refractivity contribution is 7.51. The molecular weight excluding hydrogens is 153 g/mol. The number of nitrogens with two attached hydrogens (primary N) is 1. The summed E-state index contributed by atoms with van der Waals surface area (Å²) in [6.07, 6.45) is 0. The summed E-state index contributed by atoms with van der Waals surface area (Å²) >= 11 is 0. The van der Waals surface area contributed by atoms with Crippen LogP contribution < -0.4 is 5.50 Å². The molecule has 0 saturated carbocycles. The van der Waals surface area contributed by atoms with Gasteiger partial charge in [-0.25, -0.2) is 10.1 Å². The van der Waals surface area contributed by atoms with Crippen LogP contribution in [0.2, 0.25) is 0 Å². The minimum absolute atomic E-state index is 0.0622. The van der Waals surface area contributed by atoms with Crippen LogP contribution in [0.3, 0.4) is 0 Å². The van der Waals surface area contributed by atoms with Crippen LogP contribution in [0.4, 0.5) is 0 Å². The molecule has 1 heterocycles. The van der Waals surface area contributed by atoms with Gasteiger partial charge in [-0.15, -0.1) is 0 Å². The quantitative estimate of drug-likeness (QED) is 0.546. The molecule has 1 rings (SSSR count). The van der Waals surface area contributed by atoms with Crippen molar-refractivity contribution in [3.63, 3.8) is 0 Å². The maximum absolute atomic E-state index is 10.9. The van der Waals surface area contributed by atoms with Crippen molar-refractivity contribution in [2.75, 3.05) is 13.2 Å². The second-order valence-electron chi connectivity index (χ2n) is 3.25. The van der Waals surface area contributed by atoms with Gasteiger partial charge in [-0.1, -0.05) is 13.8 Å². The molecule has 0 aliphatic carbocycles. The molecule has 2 N–H and O–H groups in total. The molecule has 0 bridgehead atoms. The van der Waals surface area contributed by atoms with Gasteiger partial charge in [0.2, 0.25) is 0 Å². The Hall–Kier alpha value is 0.110. The standard InChI is InChI=1S/C5H12NO3P/c1-5(2)3-8-10(6,7)9-4-5/h3-4H2,1-2H3,(H2,6,7). The van der Waals surface area contributed by atoms with Crippen molar-refractivity contribution in [2.45, 2.75) is 13.8 Å². The lowest BCUT2D eigenvalue weighted by Crippen LogP contribution is -2.31. The predicted molar refractivity (Wildman–Crippen MR) is 37.5 cm³/mol. The van der Waals surface area contributed by atoms with Crippen LogP contribution in [0, 0.1) is 5.41 Å². The topological polar surface area (TPSA) is 61.5 Å². The van der Waals surface area contributed by atoms with E-state index in [2.05, 4.69) is 0 Å². The Labute approximate surface area is 60.3 Å². The summed E-state index contributed by atoms with van der Waals surface area (Å²) < 4.78 is 20.4. The third-order valence-corrected chi connectivity index (χ3v) is 2.25. The summed E-state index contributed by atoms with van der Waals surface area (Å²) in [7, 11) is -3.17. The fourth-order valence-electron chi connectivity index (χ4n) is 0.608. The van der Waals surface area contributed by atoms with E-state index in [-0.39, 0.29) is 5.41 Å². The largest absolute Gasteiger partial charge is 0.402 e. The van der Waals surface area contributed by atoms with Gasteiger partial charge in [0.1, 0.15) is 0 Å². The van der Waals surface area contributed by atoms with Crippen molar-refractivity contribution < 1.29 is 13.6 Å². The van der Waals surface area contributed by atoms with Gasteiger partial charge in [0, 0.05) is 5.41 Å². The van der Waals surface area contributed by atoms with Gasteiger partial charge < -0.3 is 0 Å². The Morgan fingerprint density at radius 1 is 1.40 bits per heavy atom. The van der Waals surface area contributed by atoms with Crippen LogP contribution >= 0.6 is 7.75 Å². The van der Waals surface area contributed by atoms with E-state index in [0.29, 0.717) is 13.2 Å². The summed E-state index contributed by atoms with van der Waals surface area (Å²) in [5, 5.41) is 0. The molecule has 4 nitrogen and oxygen atoms in total. The fourth-order valence-corrected chi connectivity index (χ4v) is 1.74. The lowest BCUT2D eigenvalue weighted by Gasteiger charge is -2.31. The van der Waals surface area contributed by atoms with Crippen LogP contribution in [-0.4, -0.2) is 13.2 Å². The third kappa shape index (κ3) is 2.06. The first-order valence-corrected chi connectivity index (χ1v) is 4.70. The van der Waals surface area contributed by atoms with Crippen LogP contribution in [0.1, 0.15) is 13.8 Å². The molecule has 1 saturated heterocycles. The third-order valence-electron chi connectivity index (χ3n) is 1.27. The monoisotopic (exact) mass is 165 g/mol. The minimum Gasteiger partial charge on any atom is -0.296 e. The molecule has 0 aromatic rings. The van der Waals surface area contributed by atoms with Crippen molar-refractivity contribution in [1.29, 1.82) is 0 Å². The normalized spacial score (nSPS) is 29.9. The van der Waals surface area contributed by atoms with Crippen molar-refractivity contribution in [2.24, 2.45) is 10.9 Å². The summed E-state index contributed by atoms with van der Waals surface area (Å²) in [6.45, 7) is 4.74. The highest BCUT2D eigenvalue weighted by atomic mass is 31.2. The zero-order chi connectivity index (χ0) is 7.83. The average Bonchev–Trinajstić information content (AvgIpc) is 1.79. The Kier molecular flexibility index (Phi) is 1.90. The molecule has 1 fully saturated rings. The minimum atomic E-state index is -3.17. The zero-order valence-electron chi connectivity index (χ0n) is 6.16. The first kappa shape index (κ1) is 8.21. The van der Waals surface area contributed by atoms with Crippen molar-refractivity contribution >= 4 is 7.75 Å². The van der Waals surface area contributed by atoms with E-state index in [1.807, 2.05) is 13.8 Å². The van der Waals surface area contributed by atoms with Crippen molar-refractivity contribution in [3.05, 3.63) is 0 Å². The van der Waals surface area contributed by atoms with Crippen molar-refractivity contribution in [1.82, 2.24) is 0 Å². The van der Waals surface area contributed by atoms with Crippen molar-refractivity contribution in [3.8, 4) is 0 Å². The molecule has 60 valence electrons. The molecule has 0 aromatic heterocycles. The average molecular weight is 165 g/mol. The van der Waals surface area contributed by atoms with E-state index in [1.165, 1.54) is 0 Å². The van der Waals surface area contributed by atoms with Crippen LogP contribution in [0.5, 0.6) is 0 Å². The van der Waals surface area contributed by atoms with Gasteiger partial charge in [-0.2, -0.15) is 0 Å². The smallest absolute Gasteiger partial charge is 0.296 e. The van der Waals surface area contributed by atoms with E-state index in [9.17, 15) is 4.57 Å². The summed E-state index contributed by atoms with van der Waals surface area (Å²) in [4.78, 5) is 0. The number of hydrogen-bond acceptors (Lipinski definition) is 3. The Morgan fingerprint density at radius 3 is 2.10 bits per heavy atom. The molecule has 0 amide bonds. The maximum Gasteiger partial charge on any atom is 0.402 e. The van der Waals surface area contributed by atoms with Gasteiger partial charge in [0.05, 0.1) is 13.2 Å². The summed E-state index contributed by atoms with van der Waals surface area (Å²) in [5.74, 6) is 0. The van der Waals surface area contributed by atoms with Gasteiger partial charge in [-0.05, 0) is 0 Å². The van der Waals surface area contributed by atoms with Gasteiger partial charge in [-0.3, -0.25) is 9.05 Å². The van der Waals surface area contributed by atoms with Gasteiger partial charge >= 0.3 is 7.75 Å². The Morgan fingerprint density at radius 2 is 1.80 bits per heavy atom. The van der Waals surface area contributed by atoms with Crippen LogP contribution in [-0.2, 0) is 13.6 Å². The lowest BCUT2D eigenvalue weighted by molar-refractivity contribution is 0.0415. The number of rotatable bonds is 0. The highest BCUT2D eigenvalue weighted by Crippen LogP contribution is 2.46. The molecule has 10 heavy (non-hydrogen) atoms. The number of hydrogen-bond donors (Lipinski definition) is 1. The predicted octanol–water partition coefficient (Wildman–Crippen LogP) is 1.13. The molecule has 0 atom stereocenters. The Balaban J connectivity index is 2.54. The molecule has 0 radical (unpaired) electrons. The molecule has 0 aromatic carbocycles. The van der Waals surface area contributed by atoms with E-state index >= 15 is 0 Å². The molecular formula is C5H12NO3P. The van der Waals surface area contributed by atoms with E-state index < -0.39 is 7.75 Å². The SMILES string of the molecule is CC1(C)COP(N)(=O)OC1. The maximum atomic E-state index is 10.9. The second-order valence-corrected chi connectivity index (χ2v) is 4.85. The van der Waals surface area contributed by atoms with E-state index in [1.54, 1.807) is 0 Å². The molecule has 0 spiro atoms. The molecule has 1 aliphatic rings. The van der Waals surface area contributed by atoms with E-state index in [0.717, 1.165) is 0 Å². The van der Waals surface area contributed by atoms with Crippen LogP contribution in [0.25, 0.3) is 0 Å². The fraction of sp³-hybridized carbons (Fsp3) is 1.00. The summed E-state index contributed by atoms with van der Waals surface area (Å²) in [5.41, 5.74) is 5.05. The van der Waals surface area contributed by atoms with E-state index in [4.69, 9.17) is 14.6 Å². The summed E-state index contributed by atoms with van der Waals surface area (Å²) in [6, 6.07) is 0. The highest BCUT2D eigenvalue weighted by Gasteiger charge is 2.33. The first-order chi connectivity index (χ1) is 4.41. The molecule has 0 unspecified atom stereocenters. The van der Waals surface area contributed by atoms with Crippen LogP contribution in [0.15, 0.2) is 0 Å².